The van der Waals surface area contributed by atoms with E-state index in [9.17, 15) is 4.79 Å². The monoisotopic (exact) mass is 319 g/mol. The van der Waals surface area contributed by atoms with E-state index in [-0.39, 0.29) is 18.6 Å². The quantitative estimate of drug-likeness (QED) is 0.917. The number of hydrogen-bond donors (Lipinski definition) is 1. The second-order valence-corrected chi connectivity index (χ2v) is 6.06. The SMILES string of the molecule is Cc1ccccc1OCC(=O)Nc1nnc(C2CCCO2)s1. The van der Waals surface area contributed by atoms with Crippen molar-refractivity contribution >= 4 is 22.4 Å². The topological polar surface area (TPSA) is 73.3 Å². The van der Waals surface area contributed by atoms with E-state index in [1.165, 1.54) is 11.3 Å². The van der Waals surface area contributed by atoms with E-state index >= 15 is 0 Å². The number of anilines is 1. The highest BCUT2D eigenvalue weighted by atomic mass is 32.1. The van der Waals surface area contributed by atoms with Gasteiger partial charge >= 0.3 is 0 Å². The Labute approximate surface area is 132 Å². The molecule has 0 bridgehead atoms. The number of aromatic nitrogens is 2. The van der Waals surface area contributed by atoms with Crippen molar-refractivity contribution in [3.8, 4) is 5.75 Å². The number of para-hydroxylation sites is 1. The number of benzene rings is 1. The van der Waals surface area contributed by atoms with E-state index in [0.717, 1.165) is 30.0 Å². The maximum absolute atomic E-state index is 11.9. The molecular formula is C15H17N3O3S. The Bertz CT molecular complexity index is 653. The van der Waals surface area contributed by atoms with Gasteiger partial charge in [0.25, 0.3) is 5.91 Å². The summed E-state index contributed by atoms with van der Waals surface area (Å²) in [6.45, 7) is 2.64. The van der Waals surface area contributed by atoms with Crippen LogP contribution < -0.4 is 10.1 Å². The Morgan fingerprint density at radius 3 is 3.09 bits per heavy atom. The smallest absolute Gasteiger partial charge is 0.264 e. The average molecular weight is 319 g/mol. The van der Waals surface area contributed by atoms with Crippen molar-refractivity contribution in [1.29, 1.82) is 0 Å². The number of nitrogens with one attached hydrogen (secondary N) is 1. The van der Waals surface area contributed by atoms with Crippen molar-refractivity contribution in [2.45, 2.75) is 25.9 Å². The number of carbonyl (C=O) groups is 1. The molecule has 2 heterocycles. The lowest BCUT2D eigenvalue weighted by molar-refractivity contribution is -0.118. The van der Waals surface area contributed by atoms with Crippen LogP contribution in [0.1, 0.15) is 29.5 Å². The molecule has 1 N–H and O–H groups in total. The summed E-state index contributed by atoms with van der Waals surface area (Å²) in [5.41, 5.74) is 0.992. The van der Waals surface area contributed by atoms with Crippen LogP contribution in [0.3, 0.4) is 0 Å². The lowest BCUT2D eigenvalue weighted by Crippen LogP contribution is -2.20. The van der Waals surface area contributed by atoms with Crippen molar-refractivity contribution in [2.75, 3.05) is 18.5 Å². The highest BCUT2D eigenvalue weighted by Gasteiger charge is 2.22. The second-order valence-electron chi connectivity index (χ2n) is 5.05. The number of rotatable bonds is 5. The van der Waals surface area contributed by atoms with Gasteiger partial charge in [-0.2, -0.15) is 0 Å². The first-order chi connectivity index (χ1) is 10.7. The van der Waals surface area contributed by atoms with E-state index in [1.807, 2.05) is 31.2 Å². The maximum Gasteiger partial charge on any atom is 0.264 e. The average Bonchev–Trinajstić information content (AvgIpc) is 3.17. The molecule has 22 heavy (non-hydrogen) atoms. The maximum atomic E-state index is 11.9. The van der Waals surface area contributed by atoms with Crippen LogP contribution in [-0.4, -0.2) is 29.3 Å². The Morgan fingerprint density at radius 2 is 2.32 bits per heavy atom. The largest absolute Gasteiger partial charge is 0.483 e. The zero-order valence-electron chi connectivity index (χ0n) is 12.2. The molecule has 1 saturated heterocycles. The summed E-state index contributed by atoms with van der Waals surface area (Å²) in [6, 6.07) is 7.57. The number of carbonyl (C=O) groups excluding carboxylic acids is 1. The third kappa shape index (κ3) is 3.61. The predicted octanol–water partition coefficient (Wildman–Crippen LogP) is 2.72. The molecule has 1 atom stereocenters. The van der Waals surface area contributed by atoms with E-state index in [4.69, 9.17) is 9.47 Å². The van der Waals surface area contributed by atoms with Gasteiger partial charge in [0.15, 0.2) is 6.61 Å². The predicted molar refractivity (Wildman–Crippen MR) is 83.1 cm³/mol. The lowest BCUT2D eigenvalue weighted by atomic mass is 10.2. The number of aryl methyl sites for hydroxylation is 1. The molecule has 1 unspecified atom stereocenters. The summed E-state index contributed by atoms with van der Waals surface area (Å²) < 4.78 is 11.0. The summed E-state index contributed by atoms with van der Waals surface area (Å²) in [7, 11) is 0. The number of nitrogens with zero attached hydrogens (tertiary/aromatic N) is 2. The van der Waals surface area contributed by atoms with Crippen LogP contribution in [0.5, 0.6) is 5.75 Å². The van der Waals surface area contributed by atoms with Gasteiger partial charge in [-0.3, -0.25) is 10.1 Å². The number of amides is 1. The fourth-order valence-electron chi connectivity index (χ4n) is 2.20. The molecule has 1 aliphatic heterocycles. The molecular weight excluding hydrogens is 302 g/mol. The Balaban J connectivity index is 1.52. The first-order valence-electron chi connectivity index (χ1n) is 7.15. The first-order valence-corrected chi connectivity index (χ1v) is 7.97. The van der Waals surface area contributed by atoms with E-state index in [2.05, 4.69) is 15.5 Å². The van der Waals surface area contributed by atoms with Gasteiger partial charge in [-0.15, -0.1) is 10.2 Å². The minimum absolute atomic E-state index is 0.0198. The molecule has 0 radical (unpaired) electrons. The molecule has 0 spiro atoms. The lowest BCUT2D eigenvalue weighted by Gasteiger charge is -2.07. The molecule has 7 heteroatoms. The molecule has 2 aromatic rings. The van der Waals surface area contributed by atoms with Gasteiger partial charge in [-0.25, -0.2) is 0 Å². The van der Waals surface area contributed by atoms with Crippen molar-refractivity contribution in [2.24, 2.45) is 0 Å². The van der Waals surface area contributed by atoms with Crippen molar-refractivity contribution < 1.29 is 14.3 Å². The van der Waals surface area contributed by atoms with E-state index in [0.29, 0.717) is 10.9 Å². The highest BCUT2D eigenvalue weighted by molar-refractivity contribution is 7.15. The molecule has 3 rings (SSSR count). The molecule has 1 aromatic heterocycles. The molecule has 1 aromatic carbocycles. The van der Waals surface area contributed by atoms with Gasteiger partial charge in [0.1, 0.15) is 16.9 Å². The number of ether oxygens (including phenoxy) is 2. The Kier molecular flexibility index (Phi) is 4.65. The van der Waals surface area contributed by atoms with Gasteiger partial charge in [0.2, 0.25) is 5.13 Å². The molecule has 1 aliphatic rings. The summed E-state index contributed by atoms with van der Waals surface area (Å²) in [6.07, 6.45) is 2.02. The van der Waals surface area contributed by atoms with Crippen LogP contribution >= 0.6 is 11.3 Å². The van der Waals surface area contributed by atoms with Crippen molar-refractivity contribution in [3.63, 3.8) is 0 Å². The van der Waals surface area contributed by atoms with Crippen LogP contribution in [0.2, 0.25) is 0 Å². The normalized spacial score (nSPS) is 17.4. The summed E-state index contributed by atoms with van der Waals surface area (Å²) in [5, 5.41) is 12.0. The Morgan fingerprint density at radius 1 is 1.45 bits per heavy atom. The van der Waals surface area contributed by atoms with Gasteiger partial charge in [0.05, 0.1) is 0 Å². The van der Waals surface area contributed by atoms with Gasteiger partial charge < -0.3 is 9.47 Å². The fraction of sp³-hybridized carbons (Fsp3) is 0.400. The fourth-order valence-corrected chi connectivity index (χ4v) is 3.05. The Hall–Kier alpha value is -1.99. The van der Waals surface area contributed by atoms with E-state index in [1.54, 1.807) is 0 Å². The minimum Gasteiger partial charge on any atom is -0.483 e. The van der Waals surface area contributed by atoms with Gasteiger partial charge in [-0.1, -0.05) is 29.5 Å². The van der Waals surface area contributed by atoms with E-state index < -0.39 is 0 Å². The molecule has 0 saturated carbocycles. The standard InChI is InChI=1S/C15H17N3O3S/c1-10-5-2-3-6-11(10)21-9-13(19)16-15-18-17-14(22-15)12-7-4-8-20-12/h2-3,5-6,12H,4,7-9H2,1H3,(H,16,18,19). The third-order valence-electron chi connectivity index (χ3n) is 3.34. The number of hydrogen-bond acceptors (Lipinski definition) is 6. The minimum atomic E-state index is -0.252. The molecule has 0 aliphatic carbocycles. The van der Waals surface area contributed by atoms with Crippen molar-refractivity contribution in [1.82, 2.24) is 10.2 Å². The van der Waals surface area contributed by atoms with Crippen LogP contribution in [0.15, 0.2) is 24.3 Å². The summed E-state index contributed by atoms with van der Waals surface area (Å²) in [5.74, 6) is 0.452. The van der Waals surface area contributed by atoms with Crippen LogP contribution in [0.4, 0.5) is 5.13 Å². The van der Waals surface area contributed by atoms with Crippen LogP contribution in [0, 0.1) is 6.92 Å². The molecule has 6 nitrogen and oxygen atoms in total. The van der Waals surface area contributed by atoms with Gasteiger partial charge in [-0.05, 0) is 31.4 Å². The van der Waals surface area contributed by atoms with Crippen LogP contribution in [-0.2, 0) is 9.53 Å². The second kappa shape index (κ2) is 6.85. The first kappa shape index (κ1) is 14.9. The van der Waals surface area contributed by atoms with Gasteiger partial charge in [0, 0.05) is 6.61 Å². The molecule has 116 valence electrons. The molecule has 1 fully saturated rings. The third-order valence-corrected chi connectivity index (χ3v) is 4.28. The summed E-state index contributed by atoms with van der Waals surface area (Å²) >= 11 is 1.35. The zero-order chi connectivity index (χ0) is 15.4. The van der Waals surface area contributed by atoms with Crippen molar-refractivity contribution in [3.05, 3.63) is 34.8 Å². The summed E-state index contributed by atoms with van der Waals surface area (Å²) in [4.78, 5) is 11.9. The highest BCUT2D eigenvalue weighted by Crippen LogP contribution is 2.31. The van der Waals surface area contributed by atoms with Crippen LogP contribution in [0.25, 0.3) is 0 Å². The molecule has 1 amide bonds. The zero-order valence-corrected chi connectivity index (χ0v) is 13.1.